The normalized spacial score (nSPS) is 12.5. The summed E-state index contributed by atoms with van der Waals surface area (Å²) < 4.78 is 12.9. The van der Waals surface area contributed by atoms with Crippen LogP contribution in [-0.4, -0.2) is 11.4 Å². The van der Waals surface area contributed by atoms with Crippen LogP contribution >= 0.6 is 0 Å². The van der Waals surface area contributed by atoms with Crippen molar-refractivity contribution in [1.29, 1.82) is 5.26 Å². The van der Waals surface area contributed by atoms with Gasteiger partial charge >= 0.3 is 0 Å². The first-order valence-electron chi connectivity index (χ1n) is 6.15. The van der Waals surface area contributed by atoms with Crippen LogP contribution < -0.4 is 9.47 Å². The van der Waals surface area contributed by atoms with Crippen molar-refractivity contribution in [3.05, 3.63) is 41.2 Å². The van der Waals surface area contributed by atoms with E-state index in [1.165, 1.54) is 0 Å². The topological polar surface area (TPSA) is 47.2 Å². The minimum atomic E-state index is 0.280. The van der Waals surface area contributed by atoms with Gasteiger partial charge in [0.15, 0.2) is 11.5 Å². The molecule has 0 spiro atoms. The molecule has 0 N–H and O–H groups in total. The van der Waals surface area contributed by atoms with Crippen LogP contribution in [0.3, 0.4) is 0 Å². The summed E-state index contributed by atoms with van der Waals surface area (Å²) in [5, 5.41) is 8.85. The summed E-state index contributed by atoms with van der Waals surface area (Å²) in [5.74, 6) is 1.55. The molecule has 2 heterocycles. The number of aryl methyl sites for hydroxylation is 1. The lowest BCUT2D eigenvalue weighted by molar-refractivity contribution is 0.174. The molecule has 4 nitrogen and oxygen atoms in total. The SMILES string of the molecule is Cc1cc(CC#N)c(C)n1-c1ccc2c(c1)OCO2. The van der Waals surface area contributed by atoms with Crippen LogP contribution in [-0.2, 0) is 6.42 Å². The number of aromatic nitrogens is 1. The third-order valence-corrected chi connectivity index (χ3v) is 3.42. The lowest BCUT2D eigenvalue weighted by Crippen LogP contribution is -1.99. The van der Waals surface area contributed by atoms with Crippen molar-refractivity contribution in [3.63, 3.8) is 0 Å². The van der Waals surface area contributed by atoms with E-state index in [0.29, 0.717) is 6.42 Å². The molecule has 0 saturated carbocycles. The van der Waals surface area contributed by atoms with Gasteiger partial charge < -0.3 is 14.0 Å². The van der Waals surface area contributed by atoms with Crippen LogP contribution in [0.4, 0.5) is 0 Å². The number of fused-ring (bicyclic) bond motifs is 1. The fourth-order valence-corrected chi connectivity index (χ4v) is 2.51. The minimum absolute atomic E-state index is 0.280. The van der Waals surface area contributed by atoms with Gasteiger partial charge in [-0.05, 0) is 37.6 Å². The quantitative estimate of drug-likeness (QED) is 0.827. The highest BCUT2D eigenvalue weighted by Gasteiger charge is 2.16. The second kappa shape index (κ2) is 4.36. The Balaban J connectivity index is 2.10. The van der Waals surface area contributed by atoms with E-state index >= 15 is 0 Å². The molecular formula is C15H14N2O2. The van der Waals surface area contributed by atoms with Crippen molar-refractivity contribution < 1.29 is 9.47 Å². The van der Waals surface area contributed by atoms with E-state index in [1.54, 1.807) is 0 Å². The average molecular weight is 254 g/mol. The summed E-state index contributed by atoms with van der Waals surface area (Å²) in [7, 11) is 0. The standard InChI is InChI=1S/C15H14N2O2/c1-10-7-12(5-6-16)11(2)17(10)13-3-4-14-15(8-13)19-9-18-14/h3-4,7-8H,5,9H2,1-2H3. The first kappa shape index (κ1) is 11.7. The van der Waals surface area contributed by atoms with Gasteiger partial charge in [0.1, 0.15) is 0 Å². The smallest absolute Gasteiger partial charge is 0.231 e. The van der Waals surface area contributed by atoms with E-state index in [0.717, 1.165) is 34.1 Å². The predicted octanol–water partition coefficient (Wildman–Crippen LogP) is 2.89. The molecule has 4 heteroatoms. The number of hydrogen-bond acceptors (Lipinski definition) is 3. The molecular weight excluding hydrogens is 240 g/mol. The van der Waals surface area contributed by atoms with Crippen molar-refractivity contribution >= 4 is 0 Å². The Kier molecular flexibility index (Phi) is 2.68. The molecule has 96 valence electrons. The van der Waals surface area contributed by atoms with Crippen LogP contribution in [0.5, 0.6) is 11.5 Å². The van der Waals surface area contributed by atoms with Crippen molar-refractivity contribution in [2.45, 2.75) is 20.3 Å². The first-order chi connectivity index (χ1) is 9.20. The molecule has 0 unspecified atom stereocenters. The molecule has 3 rings (SSSR count). The zero-order chi connectivity index (χ0) is 13.4. The molecule has 0 atom stereocenters. The largest absolute Gasteiger partial charge is 0.454 e. The fraction of sp³-hybridized carbons (Fsp3) is 0.267. The summed E-state index contributed by atoms with van der Waals surface area (Å²) in [6.07, 6.45) is 0.435. The van der Waals surface area contributed by atoms with E-state index in [2.05, 4.69) is 16.7 Å². The average Bonchev–Trinajstić information content (AvgIpc) is 2.95. The molecule has 1 aromatic heterocycles. The number of nitrogens with zero attached hydrogens (tertiary/aromatic N) is 2. The second-order valence-electron chi connectivity index (χ2n) is 4.60. The number of ether oxygens (including phenoxy) is 2. The lowest BCUT2D eigenvalue weighted by Gasteiger charge is -2.10. The second-order valence-corrected chi connectivity index (χ2v) is 4.60. The zero-order valence-electron chi connectivity index (χ0n) is 10.9. The Morgan fingerprint density at radius 1 is 1.21 bits per heavy atom. The minimum Gasteiger partial charge on any atom is -0.454 e. The highest BCUT2D eigenvalue weighted by atomic mass is 16.7. The Labute approximate surface area is 111 Å². The Hall–Kier alpha value is -2.41. The Morgan fingerprint density at radius 2 is 2.00 bits per heavy atom. The first-order valence-corrected chi connectivity index (χ1v) is 6.15. The van der Waals surface area contributed by atoms with E-state index < -0.39 is 0 Å². The summed E-state index contributed by atoms with van der Waals surface area (Å²) in [5.41, 5.74) is 4.31. The van der Waals surface area contributed by atoms with Gasteiger partial charge in [0, 0.05) is 23.1 Å². The maximum atomic E-state index is 8.85. The van der Waals surface area contributed by atoms with Gasteiger partial charge in [-0.25, -0.2) is 0 Å². The van der Waals surface area contributed by atoms with Gasteiger partial charge in [0.25, 0.3) is 0 Å². The highest BCUT2D eigenvalue weighted by Crippen LogP contribution is 2.34. The Bertz CT molecular complexity index is 680. The molecule has 1 aliphatic heterocycles. The third kappa shape index (κ3) is 1.84. The number of hydrogen-bond donors (Lipinski definition) is 0. The van der Waals surface area contributed by atoms with Crippen molar-refractivity contribution in [2.24, 2.45) is 0 Å². The molecule has 2 aromatic rings. The molecule has 0 amide bonds. The van der Waals surface area contributed by atoms with Crippen LogP contribution in [0.1, 0.15) is 17.0 Å². The number of benzene rings is 1. The van der Waals surface area contributed by atoms with E-state index in [-0.39, 0.29) is 6.79 Å². The van der Waals surface area contributed by atoms with Crippen molar-refractivity contribution in [2.75, 3.05) is 6.79 Å². The van der Waals surface area contributed by atoms with Gasteiger partial charge in [-0.2, -0.15) is 5.26 Å². The third-order valence-electron chi connectivity index (χ3n) is 3.42. The monoisotopic (exact) mass is 254 g/mol. The number of nitriles is 1. The van der Waals surface area contributed by atoms with Crippen molar-refractivity contribution in [3.8, 4) is 23.3 Å². The van der Waals surface area contributed by atoms with E-state index in [1.807, 2.05) is 32.0 Å². The maximum Gasteiger partial charge on any atom is 0.231 e. The molecule has 0 saturated heterocycles. The predicted molar refractivity (Wildman–Crippen MR) is 70.7 cm³/mol. The van der Waals surface area contributed by atoms with E-state index in [4.69, 9.17) is 14.7 Å². The fourth-order valence-electron chi connectivity index (χ4n) is 2.51. The summed E-state index contributed by atoms with van der Waals surface area (Å²) in [4.78, 5) is 0. The van der Waals surface area contributed by atoms with Gasteiger partial charge in [-0.1, -0.05) is 0 Å². The summed E-state index contributed by atoms with van der Waals surface area (Å²) in [6.45, 7) is 4.35. The summed E-state index contributed by atoms with van der Waals surface area (Å²) in [6, 6.07) is 10.2. The summed E-state index contributed by atoms with van der Waals surface area (Å²) >= 11 is 0. The van der Waals surface area contributed by atoms with Crippen molar-refractivity contribution in [1.82, 2.24) is 4.57 Å². The van der Waals surface area contributed by atoms with Crippen LogP contribution in [0.25, 0.3) is 5.69 Å². The molecule has 19 heavy (non-hydrogen) atoms. The van der Waals surface area contributed by atoms with Gasteiger partial charge in [-0.15, -0.1) is 0 Å². The molecule has 0 fully saturated rings. The Morgan fingerprint density at radius 3 is 2.79 bits per heavy atom. The number of rotatable bonds is 2. The molecule has 0 aliphatic carbocycles. The van der Waals surface area contributed by atoms with Gasteiger partial charge in [-0.3, -0.25) is 0 Å². The zero-order valence-corrected chi connectivity index (χ0v) is 10.9. The lowest BCUT2D eigenvalue weighted by atomic mass is 10.2. The van der Waals surface area contributed by atoms with Crippen LogP contribution in [0, 0.1) is 25.2 Å². The molecule has 1 aliphatic rings. The van der Waals surface area contributed by atoms with E-state index in [9.17, 15) is 0 Å². The molecule has 0 bridgehead atoms. The maximum absolute atomic E-state index is 8.85. The molecule has 1 aromatic carbocycles. The van der Waals surface area contributed by atoms with Gasteiger partial charge in [0.05, 0.1) is 12.5 Å². The van der Waals surface area contributed by atoms with Gasteiger partial charge in [0.2, 0.25) is 6.79 Å². The van der Waals surface area contributed by atoms with Crippen LogP contribution in [0.2, 0.25) is 0 Å². The van der Waals surface area contributed by atoms with Crippen LogP contribution in [0.15, 0.2) is 24.3 Å². The highest BCUT2D eigenvalue weighted by molar-refractivity contribution is 5.52. The molecule has 0 radical (unpaired) electrons.